The summed E-state index contributed by atoms with van der Waals surface area (Å²) in [5.41, 5.74) is 5.29. The van der Waals surface area contributed by atoms with Gasteiger partial charge in [0.2, 0.25) is 0 Å². The third-order valence-electron chi connectivity index (χ3n) is 5.60. The molecule has 3 aromatic carbocycles. The Morgan fingerprint density at radius 2 is 1.69 bits per heavy atom. The molecule has 146 valence electrons. The van der Waals surface area contributed by atoms with Gasteiger partial charge in [0, 0.05) is 6.54 Å². The first-order valence-electron chi connectivity index (χ1n) is 10.3. The molecule has 3 aromatic rings. The monoisotopic (exact) mass is 380 g/mol. The minimum absolute atomic E-state index is 0.433. The molecule has 29 heavy (non-hydrogen) atoms. The standard InChI is InChI=1S/C27H28N2/c1-21(12-13-22(2)24-8-4-3-5-9-24)16-27-18-28-20-29(27)19-23-14-15-25-10-6-7-11-26(25)17-23/h3-15,17,20,27H,16,18-19H2,1-2H3/b21-12+,22-13+. The van der Waals surface area contributed by atoms with Gasteiger partial charge < -0.3 is 4.90 Å². The van der Waals surface area contributed by atoms with Crippen LogP contribution in [0, 0.1) is 0 Å². The van der Waals surface area contributed by atoms with E-state index in [1.807, 2.05) is 6.34 Å². The van der Waals surface area contributed by atoms with E-state index in [2.05, 4.69) is 109 Å². The number of allylic oxidation sites excluding steroid dienone is 3. The highest BCUT2D eigenvalue weighted by Gasteiger charge is 2.20. The SMILES string of the molecule is C/C(=C\C=C(/C)c1ccccc1)CC1CN=CN1Cc1ccc2ccccc2c1. The van der Waals surface area contributed by atoms with Crippen LogP contribution in [0.1, 0.15) is 31.4 Å². The molecule has 0 saturated heterocycles. The first-order chi connectivity index (χ1) is 14.2. The fourth-order valence-electron chi connectivity index (χ4n) is 3.88. The lowest BCUT2D eigenvalue weighted by Crippen LogP contribution is -2.31. The molecule has 2 heteroatoms. The molecule has 0 saturated carbocycles. The van der Waals surface area contributed by atoms with E-state index in [0.29, 0.717) is 6.04 Å². The summed E-state index contributed by atoms with van der Waals surface area (Å²) in [6.07, 6.45) is 7.55. The van der Waals surface area contributed by atoms with E-state index in [4.69, 9.17) is 0 Å². The van der Waals surface area contributed by atoms with Gasteiger partial charge in [-0.05, 0) is 53.8 Å². The maximum Gasteiger partial charge on any atom is 0.0857 e. The molecule has 0 aliphatic carbocycles. The average molecular weight is 381 g/mol. The van der Waals surface area contributed by atoms with Gasteiger partial charge in [-0.3, -0.25) is 4.99 Å². The molecule has 4 rings (SSSR count). The summed E-state index contributed by atoms with van der Waals surface area (Å²) in [6, 6.07) is 26.3. The van der Waals surface area contributed by atoms with Gasteiger partial charge in [0.25, 0.3) is 0 Å². The fraction of sp³-hybridized carbons (Fsp3) is 0.222. The highest BCUT2D eigenvalue weighted by Crippen LogP contribution is 2.21. The van der Waals surface area contributed by atoms with Crippen LogP contribution in [0.25, 0.3) is 16.3 Å². The van der Waals surface area contributed by atoms with Crippen LogP contribution in [-0.4, -0.2) is 23.8 Å². The van der Waals surface area contributed by atoms with Crippen molar-refractivity contribution in [1.82, 2.24) is 4.90 Å². The molecule has 0 amide bonds. The van der Waals surface area contributed by atoms with Gasteiger partial charge in [-0.2, -0.15) is 0 Å². The zero-order valence-electron chi connectivity index (χ0n) is 17.3. The second-order valence-corrected chi connectivity index (χ2v) is 7.92. The molecule has 1 atom stereocenters. The van der Waals surface area contributed by atoms with Crippen LogP contribution >= 0.6 is 0 Å². The van der Waals surface area contributed by atoms with E-state index >= 15 is 0 Å². The van der Waals surface area contributed by atoms with Crippen molar-refractivity contribution in [2.24, 2.45) is 4.99 Å². The van der Waals surface area contributed by atoms with Crippen LogP contribution < -0.4 is 0 Å². The number of aliphatic imine (C=N–C) groups is 1. The summed E-state index contributed by atoms with van der Waals surface area (Å²) in [5, 5.41) is 2.59. The molecule has 0 aromatic heterocycles. The normalized spacial score (nSPS) is 17.3. The largest absolute Gasteiger partial charge is 0.353 e. The van der Waals surface area contributed by atoms with Crippen molar-refractivity contribution in [2.75, 3.05) is 6.54 Å². The third-order valence-corrected chi connectivity index (χ3v) is 5.60. The second kappa shape index (κ2) is 8.91. The van der Waals surface area contributed by atoms with Crippen molar-refractivity contribution in [3.8, 4) is 0 Å². The molecule has 1 aliphatic rings. The minimum Gasteiger partial charge on any atom is -0.353 e. The predicted molar refractivity (Wildman–Crippen MR) is 125 cm³/mol. The number of benzene rings is 3. The summed E-state index contributed by atoms with van der Waals surface area (Å²) >= 11 is 0. The Hall–Kier alpha value is -3.13. The van der Waals surface area contributed by atoms with Crippen LogP contribution in [0.15, 0.2) is 95.5 Å². The van der Waals surface area contributed by atoms with E-state index in [1.54, 1.807) is 0 Å². The smallest absolute Gasteiger partial charge is 0.0857 e. The van der Waals surface area contributed by atoms with E-state index in [1.165, 1.54) is 33.0 Å². The van der Waals surface area contributed by atoms with Gasteiger partial charge >= 0.3 is 0 Å². The van der Waals surface area contributed by atoms with E-state index in [9.17, 15) is 0 Å². The van der Waals surface area contributed by atoms with Gasteiger partial charge in [0.05, 0.1) is 18.9 Å². The quantitative estimate of drug-likeness (QED) is 0.446. The maximum absolute atomic E-state index is 4.56. The Labute approximate surface area is 173 Å². The summed E-state index contributed by atoms with van der Waals surface area (Å²) < 4.78 is 0. The van der Waals surface area contributed by atoms with Crippen LogP contribution in [0.2, 0.25) is 0 Å². The number of hydrogen-bond acceptors (Lipinski definition) is 2. The Bertz CT molecular complexity index is 1060. The lowest BCUT2D eigenvalue weighted by Gasteiger charge is -2.24. The molecule has 1 unspecified atom stereocenters. The zero-order chi connectivity index (χ0) is 20.1. The summed E-state index contributed by atoms with van der Waals surface area (Å²) in [7, 11) is 0. The lowest BCUT2D eigenvalue weighted by molar-refractivity contribution is 0.341. The number of fused-ring (bicyclic) bond motifs is 1. The molecule has 0 radical (unpaired) electrons. The Morgan fingerprint density at radius 1 is 0.931 bits per heavy atom. The van der Waals surface area contributed by atoms with Crippen molar-refractivity contribution < 1.29 is 0 Å². The van der Waals surface area contributed by atoms with Gasteiger partial charge in [0.1, 0.15) is 0 Å². The van der Waals surface area contributed by atoms with Gasteiger partial charge in [-0.25, -0.2) is 0 Å². The highest BCUT2D eigenvalue weighted by molar-refractivity contribution is 5.83. The average Bonchev–Trinajstić information content (AvgIpc) is 3.19. The van der Waals surface area contributed by atoms with Crippen LogP contribution in [0.3, 0.4) is 0 Å². The fourth-order valence-corrected chi connectivity index (χ4v) is 3.88. The molecular formula is C27H28N2. The van der Waals surface area contributed by atoms with Gasteiger partial charge in [-0.1, -0.05) is 84.5 Å². The highest BCUT2D eigenvalue weighted by atomic mass is 15.2. The molecule has 0 N–H and O–H groups in total. The van der Waals surface area contributed by atoms with Gasteiger partial charge in [-0.15, -0.1) is 0 Å². The summed E-state index contributed by atoms with van der Waals surface area (Å²) in [4.78, 5) is 6.94. The Morgan fingerprint density at radius 3 is 2.52 bits per heavy atom. The van der Waals surface area contributed by atoms with Crippen molar-refractivity contribution in [3.05, 3.63) is 102 Å². The molecule has 0 bridgehead atoms. The minimum atomic E-state index is 0.433. The first kappa shape index (κ1) is 19.2. The third kappa shape index (κ3) is 4.83. The van der Waals surface area contributed by atoms with Crippen molar-refractivity contribution >= 4 is 22.7 Å². The lowest BCUT2D eigenvalue weighted by atomic mass is 10.0. The Balaban J connectivity index is 1.41. The molecular weight excluding hydrogens is 352 g/mol. The van der Waals surface area contributed by atoms with Crippen LogP contribution in [0.4, 0.5) is 0 Å². The predicted octanol–water partition coefficient (Wildman–Crippen LogP) is 6.49. The van der Waals surface area contributed by atoms with Crippen molar-refractivity contribution in [2.45, 2.75) is 32.9 Å². The summed E-state index contributed by atoms with van der Waals surface area (Å²) in [5.74, 6) is 0. The van der Waals surface area contributed by atoms with E-state index in [-0.39, 0.29) is 0 Å². The van der Waals surface area contributed by atoms with Crippen molar-refractivity contribution in [1.29, 1.82) is 0 Å². The van der Waals surface area contributed by atoms with Crippen molar-refractivity contribution in [3.63, 3.8) is 0 Å². The number of hydrogen-bond donors (Lipinski definition) is 0. The number of nitrogens with zero attached hydrogens (tertiary/aromatic N) is 2. The van der Waals surface area contributed by atoms with Gasteiger partial charge in [0.15, 0.2) is 0 Å². The molecule has 0 spiro atoms. The second-order valence-electron chi connectivity index (χ2n) is 7.92. The molecule has 1 aliphatic heterocycles. The van der Waals surface area contributed by atoms with E-state index in [0.717, 1.165) is 19.5 Å². The van der Waals surface area contributed by atoms with Crippen LogP contribution in [0.5, 0.6) is 0 Å². The van der Waals surface area contributed by atoms with E-state index < -0.39 is 0 Å². The number of rotatable bonds is 6. The Kier molecular flexibility index (Phi) is 5.90. The topological polar surface area (TPSA) is 15.6 Å². The summed E-state index contributed by atoms with van der Waals surface area (Å²) in [6.45, 7) is 6.18. The molecule has 0 fully saturated rings. The zero-order valence-corrected chi connectivity index (χ0v) is 17.3. The molecule has 1 heterocycles. The maximum atomic E-state index is 4.56. The molecule has 2 nitrogen and oxygen atoms in total. The van der Waals surface area contributed by atoms with Crippen LogP contribution in [-0.2, 0) is 6.54 Å². The first-order valence-corrected chi connectivity index (χ1v) is 10.3.